The van der Waals surface area contributed by atoms with Crippen LogP contribution < -0.4 is 5.73 Å². The van der Waals surface area contributed by atoms with Gasteiger partial charge in [0.1, 0.15) is 17.3 Å². The summed E-state index contributed by atoms with van der Waals surface area (Å²) in [7, 11) is 0. The highest BCUT2D eigenvalue weighted by atomic mass is 79.9. The van der Waals surface area contributed by atoms with Gasteiger partial charge in [0.2, 0.25) is 0 Å². The van der Waals surface area contributed by atoms with Gasteiger partial charge in [-0.1, -0.05) is 47.4 Å². The monoisotopic (exact) mass is 355 g/mol. The van der Waals surface area contributed by atoms with Crippen LogP contribution in [-0.4, -0.2) is 9.55 Å². The van der Waals surface area contributed by atoms with Crippen molar-refractivity contribution in [3.63, 3.8) is 0 Å². The molecule has 1 aromatic heterocycles. The smallest absolute Gasteiger partial charge is 0.131 e. The van der Waals surface area contributed by atoms with Gasteiger partial charge in [-0.05, 0) is 25.0 Å². The first-order valence-electron chi connectivity index (χ1n) is 6.88. The first-order valence-corrected chi connectivity index (χ1v) is 8.05. The fourth-order valence-corrected chi connectivity index (χ4v) is 3.15. The number of halogens is 2. The van der Waals surface area contributed by atoms with E-state index in [0.717, 1.165) is 53.2 Å². The van der Waals surface area contributed by atoms with E-state index in [-0.39, 0.29) is 0 Å². The highest BCUT2D eigenvalue weighted by Crippen LogP contribution is 2.34. The number of imidazole rings is 1. The Morgan fingerprint density at radius 1 is 1.30 bits per heavy atom. The zero-order valence-corrected chi connectivity index (χ0v) is 14.1. The van der Waals surface area contributed by atoms with E-state index in [1.807, 2.05) is 18.2 Å². The van der Waals surface area contributed by atoms with Gasteiger partial charge in [0.25, 0.3) is 0 Å². The number of aryl methyl sites for hydroxylation is 1. The Hall–Kier alpha value is -1.00. The Balaban J connectivity index is 2.53. The number of nitrogens with zero attached hydrogens (tertiary/aromatic N) is 2. The van der Waals surface area contributed by atoms with E-state index in [0.29, 0.717) is 5.02 Å². The predicted octanol–water partition coefficient (Wildman–Crippen LogP) is 4.91. The van der Waals surface area contributed by atoms with Crippen LogP contribution in [-0.2, 0) is 13.0 Å². The summed E-state index contributed by atoms with van der Waals surface area (Å²) in [6.45, 7) is 5.20. The molecule has 1 heterocycles. The molecule has 20 heavy (non-hydrogen) atoms. The third-order valence-corrected chi connectivity index (χ3v) is 4.08. The number of nitrogen functional groups attached to an aromatic ring is 1. The summed E-state index contributed by atoms with van der Waals surface area (Å²) < 4.78 is 3.04. The van der Waals surface area contributed by atoms with Crippen molar-refractivity contribution >= 4 is 33.3 Å². The van der Waals surface area contributed by atoms with Crippen LogP contribution in [0.3, 0.4) is 0 Å². The van der Waals surface area contributed by atoms with Crippen LogP contribution in [0.4, 0.5) is 5.82 Å². The maximum atomic E-state index is 6.31. The Kier molecular flexibility index (Phi) is 5.11. The lowest BCUT2D eigenvalue weighted by Crippen LogP contribution is -2.06. The Labute approximate surface area is 133 Å². The number of benzene rings is 1. The summed E-state index contributed by atoms with van der Waals surface area (Å²) in [6.07, 6.45) is 3.04. The van der Waals surface area contributed by atoms with Crippen molar-refractivity contribution in [1.29, 1.82) is 0 Å². The summed E-state index contributed by atoms with van der Waals surface area (Å²) in [6, 6.07) is 5.69. The van der Waals surface area contributed by atoms with Gasteiger partial charge in [-0.15, -0.1) is 0 Å². The van der Waals surface area contributed by atoms with Crippen LogP contribution in [0.15, 0.2) is 22.7 Å². The van der Waals surface area contributed by atoms with E-state index < -0.39 is 0 Å². The van der Waals surface area contributed by atoms with Gasteiger partial charge in [-0.2, -0.15) is 0 Å². The molecule has 0 amide bonds. The Morgan fingerprint density at radius 3 is 2.65 bits per heavy atom. The molecule has 0 atom stereocenters. The van der Waals surface area contributed by atoms with Crippen molar-refractivity contribution < 1.29 is 0 Å². The van der Waals surface area contributed by atoms with Gasteiger partial charge in [-0.3, -0.25) is 0 Å². The van der Waals surface area contributed by atoms with Crippen molar-refractivity contribution in [2.75, 3.05) is 5.73 Å². The standard InChI is InChI=1S/C15H19BrClN3/c1-3-5-13-19-14(15(18)20(13)8-4-2)11-7-6-10(17)9-12(11)16/h6-7,9H,3-5,8,18H2,1-2H3. The number of aromatic nitrogens is 2. The molecule has 0 radical (unpaired) electrons. The van der Waals surface area contributed by atoms with Crippen molar-refractivity contribution in [2.45, 2.75) is 39.7 Å². The van der Waals surface area contributed by atoms with Crippen LogP contribution >= 0.6 is 27.5 Å². The van der Waals surface area contributed by atoms with Gasteiger partial charge >= 0.3 is 0 Å². The molecule has 1 aromatic carbocycles. The van der Waals surface area contributed by atoms with Crippen molar-refractivity contribution in [2.24, 2.45) is 0 Å². The topological polar surface area (TPSA) is 43.8 Å². The van der Waals surface area contributed by atoms with Crippen molar-refractivity contribution in [1.82, 2.24) is 9.55 Å². The highest BCUT2D eigenvalue weighted by Gasteiger charge is 2.17. The highest BCUT2D eigenvalue weighted by molar-refractivity contribution is 9.10. The van der Waals surface area contributed by atoms with Gasteiger partial charge < -0.3 is 10.3 Å². The molecule has 0 spiro atoms. The summed E-state index contributed by atoms with van der Waals surface area (Å²) in [5.74, 6) is 1.79. The van der Waals surface area contributed by atoms with E-state index in [9.17, 15) is 0 Å². The molecule has 0 aliphatic carbocycles. The number of rotatable bonds is 5. The SMILES string of the molecule is CCCc1nc(-c2ccc(Cl)cc2Br)c(N)n1CCC. The molecule has 2 rings (SSSR count). The Bertz CT molecular complexity index is 607. The van der Waals surface area contributed by atoms with Gasteiger partial charge in [-0.25, -0.2) is 4.98 Å². The van der Waals surface area contributed by atoms with Gasteiger partial charge in [0.15, 0.2) is 0 Å². The average molecular weight is 357 g/mol. The molecule has 3 nitrogen and oxygen atoms in total. The fraction of sp³-hybridized carbons (Fsp3) is 0.400. The predicted molar refractivity (Wildman–Crippen MR) is 89.1 cm³/mol. The van der Waals surface area contributed by atoms with Crippen molar-refractivity contribution in [3.8, 4) is 11.3 Å². The molecular weight excluding hydrogens is 338 g/mol. The van der Waals surface area contributed by atoms with Gasteiger partial charge in [0.05, 0.1) is 0 Å². The normalized spacial score (nSPS) is 11.0. The van der Waals surface area contributed by atoms with E-state index >= 15 is 0 Å². The summed E-state index contributed by atoms with van der Waals surface area (Å²) in [5.41, 5.74) is 8.13. The largest absolute Gasteiger partial charge is 0.383 e. The lowest BCUT2D eigenvalue weighted by Gasteiger charge is -2.08. The van der Waals surface area contributed by atoms with E-state index in [4.69, 9.17) is 22.3 Å². The number of hydrogen-bond donors (Lipinski definition) is 1. The minimum Gasteiger partial charge on any atom is -0.383 e. The van der Waals surface area contributed by atoms with E-state index in [2.05, 4.69) is 34.3 Å². The zero-order chi connectivity index (χ0) is 14.7. The molecule has 0 saturated carbocycles. The first-order chi connectivity index (χ1) is 9.58. The van der Waals surface area contributed by atoms with Crippen LogP contribution in [0.25, 0.3) is 11.3 Å². The second-order valence-electron chi connectivity index (χ2n) is 4.79. The quantitative estimate of drug-likeness (QED) is 0.827. The number of anilines is 1. The molecule has 0 saturated heterocycles. The molecule has 2 aromatic rings. The summed E-state index contributed by atoms with van der Waals surface area (Å²) >= 11 is 9.53. The second-order valence-corrected chi connectivity index (χ2v) is 6.08. The zero-order valence-electron chi connectivity index (χ0n) is 11.8. The maximum Gasteiger partial charge on any atom is 0.131 e. The minimum absolute atomic E-state index is 0.695. The number of hydrogen-bond acceptors (Lipinski definition) is 2. The molecule has 5 heteroatoms. The lowest BCUT2D eigenvalue weighted by molar-refractivity contribution is 0.637. The molecule has 0 bridgehead atoms. The second kappa shape index (κ2) is 6.64. The fourth-order valence-electron chi connectivity index (χ4n) is 2.28. The van der Waals surface area contributed by atoms with Crippen LogP contribution in [0, 0.1) is 0 Å². The van der Waals surface area contributed by atoms with Crippen LogP contribution in [0.5, 0.6) is 0 Å². The molecular formula is C15H19BrClN3. The van der Waals surface area contributed by atoms with Crippen LogP contribution in [0.1, 0.15) is 32.5 Å². The third kappa shape index (κ3) is 3.01. The first kappa shape index (κ1) is 15.4. The van der Waals surface area contributed by atoms with E-state index in [1.54, 1.807) is 0 Å². The maximum absolute atomic E-state index is 6.31. The molecule has 108 valence electrons. The van der Waals surface area contributed by atoms with Gasteiger partial charge in [0, 0.05) is 28.0 Å². The molecule has 0 aliphatic rings. The molecule has 0 aliphatic heterocycles. The summed E-state index contributed by atoms with van der Waals surface area (Å²) in [4.78, 5) is 4.74. The average Bonchev–Trinajstić information content (AvgIpc) is 2.69. The minimum atomic E-state index is 0.695. The number of nitrogens with two attached hydrogens (primary N) is 1. The lowest BCUT2D eigenvalue weighted by atomic mass is 10.1. The molecule has 0 unspecified atom stereocenters. The Morgan fingerprint density at radius 2 is 2.05 bits per heavy atom. The van der Waals surface area contributed by atoms with Crippen molar-refractivity contribution in [3.05, 3.63) is 33.5 Å². The third-order valence-electron chi connectivity index (χ3n) is 3.19. The van der Waals surface area contributed by atoms with Crippen LogP contribution in [0.2, 0.25) is 5.02 Å². The molecule has 0 fully saturated rings. The summed E-state index contributed by atoms with van der Waals surface area (Å²) in [5, 5.41) is 0.695. The van der Waals surface area contributed by atoms with E-state index in [1.165, 1.54) is 0 Å². The molecule has 2 N–H and O–H groups in total.